The van der Waals surface area contributed by atoms with E-state index in [4.69, 9.17) is 0 Å². The minimum absolute atomic E-state index is 0.163. The number of piperazine rings is 1. The molecule has 0 N–H and O–H groups in total. The Morgan fingerprint density at radius 2 is 1.84 bits per heavy atom. The summed E-state index contributed by atoms with van der Waals surface area (Å²) in [6, 6.07) is 11.4. The molecule has 4 nitrogen and oxygen atoms in total. The van der Waals surface area contributed by atoms with Crippen molar-refractivity contribution in [3.8, 4) is 0 Å². The van der Waals surface area contributed by atoms with E-state index in [9.17, 15) is 4.39 Å². The minimum Gasteiger partial charge on any atom is -0.332 e. The van der Waals surface area contributed by atoms with Gasteiger partial charge in [0.25, 0.3) is 0 Å². The predicted octanol–water partition coefficient (Wildman–Crippen LogP) is 3.24. The van der Waals surface area contributed by atoms with Crippen molar-refractivity contribution in [3.63, 3.8) is 0 Å². The molecule has 25 heavy (non-hydrogen) atoms. The zero-order valence-electron chi connectivity index (χ0n) is 14.3. The molecule has 2 aliphatic heterocycles. The van der Waals surface area contributed by atoms with E-state index in [1.165, 1.54) is 24.4 Å². The van der Waals surface area contributed by atoms with Gasteiger partial charge in [0.2, 0.25) is 5.95 Å². The van der Waals surface area contributed by atoms with Crippen molar-refractivity contribution < 1.29 is 4.39 Å². The quantitative estimate of drug-likeness (QED) is 0.804. The molecule has 3 atom stereocenters. The van der Waals surface area contributed by atoms with E-state index >= 15 is 0 Å². The Morgan fingerprint density at radius 1 is 1.08 bits per heavy atom. The number of anilines is 1. The first-order chi connectivity index (χ1) is 12.3. The summed E-state index contributed by atoms with van der Waals surface area (Å²) >= 11 is 0. The fraction of sp³-hybridized carbons (Fsp3) is 0.400. The number of hydrogen-bond donors (Lipinski definition) is 0. The van der Waals surface area contributed by atoms with Crippen molar-refractivity contribution in [2.24, 2.45) is 0 Å². The zero-order chi connectivity index (χ0) is 17.2. The lowest BCUT2D eigenvalue weighted by Gasteiger charge is -2.50. The fourth-order valence-electron chi connectivity index (χ4n) is 4.27. The molecule has 130 valence electrons. The third-order valence-corrected chi connectivity index (χ3v) is 5.49. The Balaban J connectivity index is 1.52. The maximum Gasteiger partial charge on any atom is 0.226 e. The second kappa shape index (κ2) is 6.92. The van der Waals surface area contributed by atoms with E-state index < -0.39 is 5.82 Å². The van der Waals surface area contributed by atoms with Crippen LogP contribution >= 0.6 is 0 Å². The standard InChI is InChI=1S/C20H23FN4/c1-2-18-19-9-8-16(15-6-4-3-5-7-15)14-24(19)10-11-25(18)20-22-12-17(21)13-23-20/h2-7,12-13,16,18-19H,1,8-11,14H2/t16-,18?,19-/m0/s1. The second-order valence-corrected chi connectivity index (χ2v) is 6.87. The van der Waals surface area contributed by atoms with E-state index in [0.717, 1.165) is 26.1 Å². The minimum atomic E-state index is -0.402. The van der Waals surface area contributed by atoms with Crippen LogP contribution in [0, 0.1) is 5.82 Å². The van der Waals surface area contributed by atoms with Crippen LogP contribution in [0.2, 0.25) is 0 Å². The van der Waals surface area contributed by atoms with Crippen molar-refractivity contribution in [2.45, 2.75) is 30.8 Å². The molecule has 0 aliphatic carbocycles. The molecular weight excluding hydrogens is 315 g/mol. The summed E-state index contributed by atoms with van der Waals surface area (Å²) in [5, 5.41) is 0. The summed E-state index contributed by atoms with van der Waals surface area (Å²) in [6.07, 6.45) is 6.76. The highest BCUT2D eigenvalue weighted by atomic mass is 19.1. The number of rotatable bonds is 3. The van der Waals surface area contributed by atoms with Crippen LogP contribution in [0.1, 0.15) is 24.3 Å². The monoisotopic (exact) mass is 338 g/mol. The number of fused-ring (bicyclic) bond motifs is 1. The highest BCUT2D eigenvalue weighted by Gasteiger charge is 2.39. The van der Waals surface area contributed by atoms with Gasteiger partial charge in [-0.3, -0.25) is 4.90 Å². The summed E-state index contributed by atoms with van der Waals surface area (Å²) < 4.78 is 13.1. The van der Waals surface area contributed by atoms with Gasteiger partial charge in [-0.05, 0) is 24.3 Å². The maximum absolute atomic E-state index is 13.1. The third-order valence-electron chi connectivity index (χ3n) is 5.49. The number of piperidine rings is 1. The zero-order valence-corrected chi connectivity index (χ0v) is 14.3. The highest BCUT2D eigenvalue weighted by molar-refractivity contribution is 5.36. The van der Waals surface area contributed by atoms with Crippen molar-refractivity contribution >= 4 is 5.95 Å². The first-order valence-electron chi connectivity index (χ1n) is 8.92. The van der Waals surface area contributed by atoms with Gasteiger partial charge < -0.3 is 4.90 Å². The molecule has 2 saturated heterocycles. The molecule has 5 heteroatoms. The van der Waals surface area contributed by atoms with Crippen LogP contribution < -0.4 is 4.90 Å². The second-order valence-electron chi connectivity index (χ2n) is 6.87. The molecule has 1 aromatic heterocycles. The molecule has 1 aromatic carbocycles. The van der Waals surface area contributed by atoms with Crippen LogP contribution in [-0.2, 0) is 0 Å². The van der Waals surface area contributed by atoms with Crippen LogP contribution in [0.4, 0.5) is 10.3 Å². The van der Waals surface area contributed by atoms with Crippen LogP contribution in [0.5, 0.6) is 0 Å². The van der Waals surface area contributed by atoms with Gasteiger partial charge >= 0.3 is 0 Å². The molecule has 3 heterocycles. The van der Waals surface area contributed by atoms with Crippen molar-refractivity contribution in [3.05, 3.63) is 66.8 Å². The molecule has 0 bridgehead atoms. The molecule has 4 rings (SSSR count). The number of benzene rings is 1. The first kappa shape index (κ1) is 16.2. The Kier molecular flexibility index (Phi) is 4.49. The van der Waals surface area contributed by atoms with E-state index in [2.05, 4.69) is 56.7 Å². The summed E-state index contributed by atoms with van der Waals surface area (Å²) in [5.74, 6) is 0.786. The number of aromatic nitrogens is 2. The lowest BCUT2D eigenvalue weighted by molar-refractivity contribution is 0.1000. The summed E-state index contributed by atoms with van der Waals surface area (Å²) in [5.41, 5.74) is 1.43. The summed E-state index contributed by atoms with van der Waals surface area (Å²) in [4.78, 5) is 13.1. The van der Waals surface area contributed by atoms with Crippen LogP contribution in [0.3, 0.4) is 0 Å². The van der Waals surface area contributed by atoms with Crippen molar-refractivity contribution in [1.82, 2.24) is 14.9 Å². The summed E-state index contributed by atoms with van der Waals surface area (Å²) in [6.45, 7) is 6.93. The van der Waals surface area contributed by atoms with E-state index in [-0.39, 0.29) is 6.04 Å². The Morgan fingerprint density at radius 3 is 2.56 bits per heavy atom. The topological polar surface area (TPSA) is 32.3 Å². The molecule has 2 fully saturated rings. The molecule has 1 unspecified atom stereocenters. The highest BCUT2D eigenvalue weighted by Crippen LogP contribution is 2.35. The van der Waals surface area contributed by atoms with Gasteiger partial charge in [0.1, 0.15) is 0 Å². The van der Waals surface area contributed by atoms with Gasteiger partial charge in [0.15, 0.2) is 5.82 Å². The lowest BCUT2D eigenvalue weighted by Crippen LogP contribution is -2.61. The normalized spacial score (nSPS) is 26.9. The van der Waals surface area contributed by atoms with Crippen LogP contribution in [0.15, 0.2) is 55.4 Å². The number of halogens is 1. The van der Waals surface area contributed by atoms with E-state index in [1.54, 1.807) is 0 Å². The van der Waals surface area contributed by atoms with Crippen LogP contribution in [0.25, 0.3) is 0 Å². The maximum atomic E-state index is 13.1. The molecule has 0 saturated carbocycles. The largest absolute Gasteiger partial charge is 0.332 e. The van der Waals surface area contributed by atoms with Crippen molar-refractivity contribution in [2.75, 3.05) is 24.5 Å². The fourth-order valence-corrected chi connectivity index (χ4v) is 4.27. The lowest BCUT2D eigenvalue weighted by atomic mass is 9.83. The number of hydrogen-bond acceptors (Lipinski definition) is 4. The summed E-state index contributed by atoms with van der Waals surface area (Å²) in [7, 11) is 0. The predicted molar refractivity (Wildman–Crippen MR) is 97.1 cm³/mol. The molecule has 0 amide bonds. The molecule has 0 spiro atoms. The van der Waals surface area contributed by atoms with Gasteiger partial charge in [-0.1, -0.05) is 36.4 Å². The Hall–Kier alpha value is -2.27. The number of nitrogens with zero attached hydrogens (tertiary/aromatic N) is 4. The van der Waals surface area contributed by atoms with Crippen molar-refractivity contribution in [1.29, 1.82) is 0 Å². The first-order valence-corrected chi connectivity index (χ1v) is 8.92. The molecule has 2 aromatic rings. The van der Waals surface area contributed by atoms with E-state index in [1.807, 2.05) is 6.08 Å². The van der Waals surface area contributed by atoms with Gasteiger partial charge in [-0.25, -0.2) is 14.4 Å². The van der Waals surface area contributed by atoms with E-state index in [0.29, 0.717) is 17.9 Å². The average Bonchev–Trinajstić information content (AvgIpc) is 2.68. The van der Waals surface area contributed by atoms with Gasteiger partial charge in [-0.2, -0.15) is 0 Å². The average molecular weight is 338 g/mol. The molecular formula is C20H23FN4. The SMILES string of the molecule is C=CC1[C@@H]2CC[C@H](c3ccccc3)CN2CCN1c1ncc(F)cn1. The van der Waals surface area contributed by atoms with Gasteiger partial charge in [-0.15, -0.1) is 6.58 Å². The third kappa shape index (κ3) is 3.16. The van der Waals surface area contributed by atoms with Gasteiger partial charge in [0.05, 0.1) is 18.4 Å². The molecule has 0 radical (unpaired) electrons. The van der Waals surface area contributed by atoms with Crippen LogP contribution in [-0.4, -0.2) is 46.6 Å². The molecule has 2 aliphatic rings. The smallest absolute Gasteiger partial charge is 0.226 e. The Labute approximate surface area is 148 Å². The van der Waals surface area contributed by atoms with Gasteiger partial charge in [0, 0.05) is 25.7 Å². The Bertz CT molecular complexity index is 718.